The number of carbonyl (C=O) groups is 1. The Labute approximate surface area is 132 Å². The molecule has 0 aliphatic heterocycles. The molecule has 3 nitrogen and oxygen atoms in total. The van der Waals surface area contributed by atoms with Gasteiger partial charge in [-0.3, -0.25) is 0 Å². The Morgan fingerprint density at radius 2 is 1.96 bits per heavy atom. The van der Waals surface area contributed by atoms with Gasteiger partial charge in [0.2, 0.25) is 0 Å². The second-order valence-electron chi connectivity index (χ2n) is 5.96. The van der Waals surface area contributed by atoms with Crippen LogP contribution in [0.5, 0.6) is 0 Å². The van der Waals surface area contributed by atoms with Crippen molar-refractivity contribution in [2.24, 2.45) is 5.92 Å². The molecule has 0 aromatic heterocycles. The fourth-order valence-corrected chi connectivity index (χ4v) is 2.95. The summed E-state index contributed by atoms with van der Waals surface area (Å²) in [6, 6.07) is 4.39. The highest BCUT2D eigenvalue weighted by Gasteiger charge is 2.42. The van der Waals surface area contributed by atoms with Gasteiger partial charge in [-0.2, -0.15) is 13.2 Å². The van der Waals surface area contributed by atoms with Crippen molar-refractivity contribution in [2.45, 2.75) is 50.9 Å². The Morgan fingerprint density at radius 3 is 2.61 bits per heavy atom. The van der Waals surface area contributed by atoms with Crippen LogP contribution in [0.15, 0.2) is 24.3 Å². The van der Waals surface area contributed by atoms with E-state index in [1.54, 1.807) is 25.1 Å². The molecular formula is C16H20F4N2O. The number of urea groups is 1. The predicted octanol–water partition coefficient (Wildman–Crippen LogP) is 4.31. The van der Waals surface area contributed by atoms with E-state index < -0.39 is 36.0 Å². The number of nitrogens with one attached hydrogen (secondary N) is 2. The van der Waals surface area contributed by atoms with Crippen LogP contribution in [0.3, 0.4) is 0 Å². The number of hydrogen-bond acceptors (Lipinski definition) is 1. The van der Waals surface area contributed by atoms with Crippen LogP contribution in [0.4, 0.5) is 22.4 Å². The normalized spacial score (nSPS) is 23.2. The van der Waals surface area contributed by atoms with Crippen molar-refractivity contribution in [2.75, 3.05) is 0 Å². The third-order valence-electron chi connectivity index (χ3n) is 4.19. The minimum atomic E-state index is -4.22. The van der Waals surface area contributed by atoms with Gasteiger partial charge in [-0.1, -0.05) is 24.6 Å². The first-order chi connectivity index (χ1) is 10.8. The van der Waals surface area contributed by atoms with Crippen molar-refractivity contribution in [1.82, 2.24) is 10.6 Å². The molecule has 1 aliphatic rings. The minimum Gasteiger partial charge on any atom is -0.335 e. The molecule has 0 bridgehead atoms. The molecule has 1 aliphatic carbocycles. The van der Waals surface area contributed by atoms with Crippen LogP contribution >= 0.6 is 0 Å². The van der Waals surface area contributed by atoms with Gasteiger partial charge in [0, 0.05) is 11.6 Å². The van der Waals surface area contributed by atoms with E-state index in [1.807, 2.05) is 0 Å². The number of alkyl halides is 3. The number of rotatable bonds is 3. The van der Waals surface area contributed by atoms with Gasteiger partial charge >= 0.3 is 12.2 Å². The zero-order chi connectivity index (χ0) is 17.0. The van der Waals surface area contributed by atoms with Gasteiger partial charge in [-0.05, 0) is 32.3 Å². The Bertz CT molecular complexity index is 547. The topological polar surface area (TPSA) is 41.1 Å². The molecule has 3 atom stereocenters. The highest BCUT2D eigenvalue weighted by molar-refractivity contribution is 5.74. The second kappa shape index (κ2) is 7.19. The van der Waals surface area contributed by atoms with Gasteiger partial charge in [0.1, 0.15) is 5.82 Å². The van der Waals surface area contributed by atoms with Crippen LogP contribution in [0.2, 0.25) is 0 Å². The lowest BCUT2D eigenvalue weighted by molar-refractivity contribution is -0.183. The molecule has 1 saturated carbocycles. The minimum absolute atomic E-state index is 0.106. The Hall–Kier alpha value is -1.79. The summed E-state index contributed by atoms with van der Waals surface area (Å²) in [6.07, 6.45) is -3.27. The molecule has 0 spiro atoms. The first-order valence-corrected chi connectivity index (χ1v) is 7.65. The average molecular weight is 332 g/mol. The van der Waals surface area contributed by atoms with Crippen molar-refractivity contribution in [1.29, 1.82) is 0 Å². The third-order valence-corrected chi connectivity index (χ3v) is 4.19. The maximum atomic E-state index is 13.6. The van der Waals surface area contributed by atoms with Crippen LogP contribution in [0.25, 0.3) is 0 Å². The summed E-state index contributed by atoms with van der Waals surface area (Å²) < 4.78 is 51.9. The lowest BCUT2D eigenvalue weighted by Gasteiger charge is -2.31. The summed E-state index contributed by atoms with van der Waals surface area (Å²) in [5.74, 6) is -1.80. The lowest BCUT2D eigenvalue weighted by Crippen LogP contribution is -2.46. The fourth-order valence-electron chi connectivity index (χ4n) is 2.95. The highest BCUT2D eigenvalue weighted by Crippen LogP contribution is 2.37. The lowest BCUT2D eigenvalue weighted by atomic mass is 9.85. The van der Waals surface area contributed by atoms with E-state index in [-0.39, 0.29) is 12.8 Å². The molecule has 1 fully saturated rings. The van der Waals surface area contributed by atoms with E-state index in [2.05, 4.69) is 10.6 Å². The molecule has 2 N–H and O–H groups in total. The van der Waals surface area contributed by atoms with Gasteiger partial charge < -0.3 is 10.6 Å². The van der Waals surface area contributed by atoms with E-state index in [1.165, 1.54) is 6.07 Å². The number of halogens is 4. The van der Waals surface area contributed by atoms with Crippen molar-refractivity contribution in [3.63, 3.8) is 0 Å². The van der Waals surface area contributed by atoms with Gasteiger partial charge in [0.15, 0.2) is 0 Å². The third kappa shape index (κ3) is 4.84. The van der Waals surface area contributed by atoms with Crippen LogP contribution < -0.4 is 10.6 Å². The largest absolute Gasteiger partial charge is 0.391 e. The fraction of sp³-hybridized carbons (Fsp3) is 0.562. The molecule has 0 saturated heterocycles. The maximum absolute atomic E-state index is 13.6. The zero-order valence-electron chi connectivity index (χ0n) is 12.8. The average Bonchev–Trinajstić information content (AvgIpc) is 2.46. The predicted molar refractivity (Wildman–Crippen MR) is 78.3 cm³/mol. The molecule has 7 heteroatoms. The summed E-state index contributed by atoms with van der Waals surface area (Å²) in [5, 5.41) is 5.14. The van der Waals surface area contributed by atoms with Gasteiger partial charge in [0.25, 0.3) is 0 Å². The maximum Gasteiger partial charge on any atom is 0.391 e. The van der Waals surface area contributed by atoms with Crippen LogP contribution in [0, 0.1) is 11.7 Å². The van der Waals surface area contributed by atoms with E-state index in [0.717, 1.165) is 0 Å². The molecule has 128 valence electrons. The van der Waals surface area contributed by atoms with Crippen LogP contribution in [-0.4, -0.2) is 18.2 Å². The molecule has 23 heavy (non-hydrogen) atoms. The standard InChI is InChI=1S/C16H20F4N2O/c1-10(13-7-2-3-8-14(13)17)21-15(23)22-12-6-4-5-11(9-12)16(18,19)20/h2-3,7-8,10-12H,4-6,9H2,1H3,(H2,21,22,23)/t10-,11+,12-/m0/s1. The summed E-state index contributed by atoms with van der Waals surface area (Å²) in [6.45, 7) is 1.62. The van der Waals surface area contributed by atoms with Crippen LogP contribution in [-0.2, 0) is 0 Å². The molecule has 0 unspecified atom stereocenters. The Kier molecular flexibility index (Phi) is 5.49. The van der Waals surface area contributed by atoms with Crippen molar-refractivity contribution in [3.05, 3.63) is 35.6 Å². The molecule has 1 aromatic carbocycles. The summed E-state index contributed by atoms with van der Waals surface area (Å²) in [7, 11) is 0. The molecule has 1 aromatic rings. The number of benzene rings is 1. The monoisotopic (exact) mass is 332 g/mol. The summed E-state index contributed by atoms with van der Waals surface area (Å²) in [4.78, 5) is 11.9. The molecule has 0 radical (unpaired) electrons. The van der Waals surface area contributed by atoms with Crippen molar-refractivity contribution < 1.29 is 22.4 Å². The quantitative estimate of drug-likeness (QED) is 0.796. The van der Waals surface area contributed by atoms with Crippen LogP contribution in [0.1, 0.15) is 44.2 Å². The summed E-state index contributed by atoms with van der Waals surface area (Å²) in [5.41, 5.74) is 0.333. The van der Waals surface area contributed by atoms with Crippen molar-refractivity contribution in [3.8, 4) is 0 Å². The highest BCUT2D eigenvalue weighted by atomic mass is 19.4. The SMILES string of the molecule is C[C@H](NC(=O)N[C@H]1CCC[C@@H](C(F)(F)F)C1)c1ccccc1F. The Balaban J connectivity index is 1.88. The number of carbonyl (C=O) groups excluding carboxylic acids is 1. The number of amides is 2. The van der Waals surface area contributed by atoms with E-state index >= 15 is 0 Å². The van der Waals surface area contributed by atoms with E-state index in [4.69, 9.17) is 0 Å². The first-order valence-electron chi connectivity index (χ1n) is 7.65. The Morgan fingerprint density at radius 1 is 1.26 bits per heavy atom. The summed E-state index contributed by atoms with van der Waals surface area (Å²) >= 11 is 0. The molecule has 2 amide bonds. The van der Waals surface area contributed by atoms with Gasteiger partial charge in [0.05, 0.1) is 12.0 Å². The first kappa shape index (κ1) is 17.6. The smallest absolute Gasteiger partial charge is 0.335 e. The van der Waals surface area contributed by atoms with Gasteiger partial charge in [-0.15, -0.1) is 0 Å². The molecule has 0 heterocycles. The molecular weight excluding hydrogens is 312 g/mol. The van der Waals surface area contributed by atoms with E-state index in [0.29, 0.717) is 18.4 Å². The molecule has 2 rings (SSSR count). The zero-order valence-corrected chi connectivity index (χ0v) is 12.8. The van der Waals surface area contributed by atoms with Crippen molar-refractivity contribution >= 4 is 6.03 Å². The van der Waals surface area contributed by atoms with E-state index in [9.17, 15) is 22.4 Å². The van der Waals surface area contributed by atoms with Gasteiger partial charge in [-0.25, -0.2) is 9.18 Å². The number of hydrogen-bond donors (Lipinski definition) is 2. The second-order valence-corrected chi connectivity index (χ2v) is 5.96.